The molecule has 0 aromatic heterocycles. The van der Waals surface area contributed by atoms with Crippen molar-refractivity contribution in [2.45, 2.75) is 36.6 Å². The molecule has 2 heterocycles. The SMILES string of the molecule is O=C(NC1CCOc2ccc(Cl)cc21)c1cc(S(=O)(=O)N2CCCCC2)ccc1Cl. The van der Waals surface area contributed by atoms with Crippen LogP contribution in [-0.2, 0) is 10.0 Å². The molecule has 30 heavy (non-hydrogen) atoms. The third kappa shape index (κ3) is 4.30. The summed E-state index contributed by atoms with van der Waals surface area (Å²) in [5.41, 5.74) is 0.917. The fourth-order valence-corrected chi connectivity index (χ4v) is 5.77. The van der Waals surface area contributed by atoms with E-state index in [4.69, 9.17) is 27.9 Å². The van der Waals surface area contributed by atoms with Gasteiger partial charge in [0.05, 0.1) is 28.1 Å². The molecule has 2 aromatic carbocycles. The molecule has 1 N–H and O–H groups in total. The fraction of sp³-hybridized carbons (Fsp3) is 0.381. The van der Waals surface area contributed by atoms with Crippen molar-refractivity contribution in [2.75, 3.05) is 19.7 Å². The molecule has 2 aromatic rings. The number of rotatable bonds is 4. The number of benzene rings is 2. The lowest BCUT2D eigenvalue weighted by atomic mass is 10.00. The first-order valence-electron chi connectivity index (χ1n) is 9.89. The van der Waals surface area contributed by atoms with Gasteiger partial charge in [-0.1, -0.05) is 29.6 Å². The number of hydrogen-bond acceptors (Lipinski definition) is 4. The monoisotopic (exact) mass is 468 g/mol. The third-order valence-corrected chi connectivity index (χ3v) is 7.91. The van der Waals surface area contributed by atoms with E-state index < -0.39 is 15.9 Å². The average Bonchev–Trinajstić information content (AvgIpc) is 2.75. The molecule has 1 atom stereocenters. The zero-order chi connectivity index (χ0) is 21.3. The van der Waals surface area contributed by atoms with Crippen molar-refractivity contribution in [2.24, 2.45) is 0 Å². The fourth-order valence-electron chi connectivity index (χ4n) is 3.84. The molecule has 4 rings (SSSR count). The minimum atomic E-state index is -3.66. The Hall–Kier alpha value is -1.80. The summed E-state index contributed by atoms with van der Waals surface area (Å²) in [6, 6.07) is 9.23. The first kappa shape index (κ1) is 21.4. The van der Waals surface area contributed by atoms with Crippen molar-refractivity contribution in [3.63, 3.8) is 0 Å². The maximum absolute atomic E-state index is 13.0. The highest BCUT2D eigenvalue weighted by Gasteiger charge is 2.29. The van der Waals surface area contributed by atoms with E-state index in [0.717, 1.165) is 24.8 Å². The summed E-state index contributed by atoms with van der Waals surface area (Å²) < 4.78 is 33.1. The summed E-state index contributed by atoms with van der Waals surface area (Å²) in [5, 5.41) is 3.69. The normalized spacial score (nSPS) is 19.6. The van der Waals surface area contributed by atoms with E-state index in [2.05, 4.69) is 5.32 Å². The van der Waals surface area contributed by atoms with E-state index in [1.54, 1.807) is 18.2 Å². The lowest BCUT2D eigenvalue weighted by Crippen LogP contribution is -2.36. The molecule has 1 amide bonds. The molecule has 160 valence electrons. The maximum atomic E-state index is 13.0. The molecule has 1 saturated heterocycles. The van der Waals surface area contributed by atoms with E-state index in [1.807, 2.05) is 0 Å². The van der Waals surface area contributed by atoms with Gasteiger partial charge in [-0.15, -0.1) is 0 Å². The van der Waals surface area contributed by atoms with Crippen LogP contribution in [0.4, 0.5) is 0 Å². The van der Waals surface area contributed by atoms with Gasteiger partial charge >= 0.3 is 0 Å². The van der Waals surface area contributed by atoms with Crippen molar-refractivity contribution in [1.82, 2.24) is 9.62 Å². The van der Waals surface area contributed by atoms with E-state index in [9.17, 15) is 13.2 Å². The summed E-state index contributed by atoms with van der Waals surface area (Å²) in [5.74, 6) is 0.233. The number of amides is 1. The van der Waals surface area contributed by atoms with Crippen LogP contribution in [0.15, 0.2) is 41.3 Å². The molecule has 0 aliphatic carbocycles. The second-order valence-electron chi connectivity index (χ2n) is 7.45. The highest BCUT2D eigenvalue weighted by Crippen LogP contribution is 2.34. The van der Waals surface area contributed by atoms with Crippen LogP contribution in [0.5, 0.6) is 5.75 Å². The predicted molar refractivity (Wildman–Crippen MR) is 116 cm³/mol. The Bertz CT molecular complexity index is 1070. The molecule has 9 heteroatoms. The minimum absolute atomic E-state index is 0.0781. The van der Waals surface area contributed by atoms with E-state index in [1.165, 1.54) is 22.5 Å². The molecule has 0 bridgehead atoms. The Balaban J connectivity index is 1.60. The van der Waals surface area contributed by atoms with Crippen LogP contribution in [0.2, 0.25) is 10.0 Å². The van der Waals surface area contributed by atoms with Crippen molar-refractivity contribution >= 4 is 39.1 Å². The van der Waals surface area contributed by atoms with E-state index in [0.29, 0.717) is 36.9 Å². The molecule has 1 unspecified atom stereocenters. The molecule has 0 saturated carbocycles. The largest absolute Gasteiger partial charge is 0.493 e. The highest BCUT2D eigenvalue weighted by atomic mass is 35.5. The van der Waals surface area contributed by atoms with E-state index >= 15 is 0 Å². The number of hydrogen-bond donors (Lipinski definition) is 1. The zero-order valence-electron chi connectivity index (χ0n) is 16.2. The number of halogens is 2. The van der Waals surface area contributed by atoms with Gasteiger partial charge in [0.15, 0.2) is 0 Å². The second kappa shape index (κ2) is 8.75. The Morgan fingerprint density at radius 3 is 2.60 bits per heavy atom. The first-order chi connectivity index (χ1) is 14.4. The minimum Gasteiger partial charge on any atom is -0.493 e. The molecular weight excluding hydrogens is 447 g/mol. The molecule has 0 spiro atoms. The summed E-state index contributed by atoms with van der Waals surface area (Å²) in [6.07, 6.45) is 3.27. The van der Waals surface area contributed by atoms with Crippen molar-refractivity contribution in [3.8, 4) is 5.75 Å². The average molecular weight is 469 g/mol. The Morgan fingerprint density at radius 1 is 1.07 bits per heavy atom. The van der Waals surface area contributed by atoms with Crippen LogP contribution in [0.3, 0.4) is 0 Å². The van der Waals surface area contributed by atoms with E-state index in [-0.39, 0.29) is 21.5 Å². The Morgan fingerprint density at radius 2 is 1.83 bits per heavy atom. The van der Waals surface area contributed by atoms with Crippen LogP contribution in [0.1, 0.15) is 47.6 Å². The number of carbonyl (C=O) groups is 1. The van der Waals surface area contributed by atoms with Gasteiger partial charge in [-0.05, 0) is 49.2 Å². The predicted octanol–water partition coefficient (Wildman–Crippen LogP) is 4.42. The highest BCUT2D eigenvalue weighted by molar-refractivity contribution is 7.89. The van der Waals surface area contributed by atoms with Crippen molar-refractivity contribution in [1.29, 1.82) is 0 Å². The van der Waals surface area contributed by atoms with Gasteiger partial charge in [0.25, 0.3) is 5.91 Å². The van der Waals surface area contributed by atoms with Gasteiger partial charge in [0.1, 0.15) is 5.75 Å². The molecule has 2 aliphatic rings. The quantitative estimate of drug-likeness (QED) is 0.720. The standard InChI is InChI=1S/C21H22Cl2N2O4S/c22-14-4-7-20-17(12-14)19(8-11-29-20)24-21(26)16-13-15(5-6-18(16)23)30(27,28)25-9-2-1-3-10-25/h4-7,12-13,19H,1-3,8-11H2,(H,24,26). The lowest BCUT2D eigenvalue weighted by molar-refractivity contribution is 0.0924. The van der Waals surface area contributed by atoms with Crippen LogP contribution in [0, 0.1) is 0 Å². The van der Waals surface area contributed by atoms with Crippen molar-refractivity contribution < 1.29 is 17.9 Å². The topological polar surface area (TPSA) is 75.7 Å². The number of ether oxygens (including phenoxy) is 1. The Labute approximate surface area is 186 Å². The third-order valence-electron chi connectivity index (χ3n) is 5.45. The van der Waals surface area contributed by atoms with Gasteiger partial charge in [0.2, 0.25) is 10.0 Å². The number of carbonyl (C=O) groups excluding carboxylic acids is 1. The lowest BCUT2D eigenvalue weighted by Gasteiger charge is -2.27. The maximum Gasteiger partial charge on any atom is 0.253 e. The van der Waals surface area contributed by atoms with Gasteiger partial charge in [0, 0.05) is 30.1 Å². The van der Waals surface area contributed by atoms with Crippen LogP contribution in [0.25, 0.3) is 0 Å². The van der Waals surface area contributed by atoms with Gasteiger partial charge in [-0.2, -0.15) is 4.31 Å². The first-order valence-corrected chi connectivity index (χ1v) is 12.1. The summed E-state index contributed by atoms with van der Waals surface area (Å²) in [7, 11) is -3.66. The molecule has 0 radical (unpaired) electrons. The van der Waals surface area contributed by atoms with Crippen LogP contribution >= 0.6 is 23.2 Å². The number of piperidine rings is 1. The van der Waals surface area contributed by atoms with Gasteiger partial charge < -0.3 is 10.1 Å². The zero-order valence-corrected chi connectivity index (χ0v) is 18.6. The molecule has 1 fully saturated rings. The summed E-state index contributed by atoms with van der Waals surface area (Å²) >= 11 is 12.4. The number of fused-ring (bicyclic) bond motifs is 1. The number of nitrogens with zero attached hydrogens (tertiary/aromatic N) is 1. The Kier molecular flexibility index (Phi) is 6.25. The molecule has 6 nitrogen and oxygen atoms in total. The molecular formula is C21H22Cl2N2O4S. The van der Waals surface area contributed by atoms with Gasteiger partial charge in [-0.25, -0.2) is 8.42 Å². The smallest absolute Gasteiger partial charge is 0.253 e. The number of sulfonamides is 1. The molecule has 2 aliphatic heterocycles. The van der Waals surface area contributed by atoms with Crippen LogP contribution in [-0.4, -0.2) is 38.3 Å². The van der Waals surface area contributed by atoms with Gasteiger partial charge in [-0.3, -0.25) is 4.79 Å². The second-order valence-corrected chi connectivity index (χ2v) is 10.2. The van der Waals surface area contributed by atoms with Crippen molar-refractivity contribution in [3.05, 3.63) is 57.6 Å². The summed E-state index contributed by atoms with van der Waals surface area (Å²) in [6.45, 7) is 1.44. The number of nitrogens with one attached hydrogen (secondary N) is 1. The summed E-state index contributed by atoms with van der Waals surface area (Å²) in [4.78, 5) is 13.1. The van der Waals surface area contributed by atoms with Crippen LogP contribution < -0.4 is 10.1 Å².